The molecule has 180 valence electrons. The van der Waals surface area contributed by atoms with Gasteiger partial charge in [-0.25, -0.2) is 4.98 Å². The van der Waals surface area contributed by atoms with Crippen LogP contribution < -0.4 is 16.2 Å². The molecule has 0 saturated carbocycles. The van der Waals surface area contributed by atoms with Gasteiger partial charge in [-0.1, -0.05) is 44.0 Å². The van der Waals surface area contributed by atoms with Gasteiger partial charge in [-0.05, 0) is 49.4 Å². The first kappa shape index (κ1) is 24.5. The predicted octanol–water partition coefficient (Wildman–Crippen LogP) is 5.22. The van der Waals surface area contributed by atoms with Crippen LogP contribution in [0.15, 0.2) is 34.2 Å². The van der Waals surface area contributed by atoms with Crippen molar-refractivity contribution in [3.05, 3.63) is 45.1 Å². The second-order valence-corrected chi connectivity index (χ2v) is 10.6. The second kappa shape index (κ2) is 11.2. The third-order valence-electron chi connectivity index (χ3n) is 5.82. The number of thioether (sulfide) groups is 1. The Bertz CT molecular complexity index is 1270. The van der Waals surface area contributed by atoms with E-state index >= 15 is 0 Å². The fourth-order valence-electron chi connectivity index (χ4n) is 4.27. The summed E-state index contributed by atoms with van der Waals surface area (Å²) in [6, 6.07) is 7.02. The summed E-state index contributed by atoms with van der Waals surface area (Å²) in [5.74, 6) is -0.218. The molecule has 0 radical (unpaired) electrons. The average Bonchev–Trinajstić information content (AvgIpc) is 3.37. The van der Waals surface area contributed by atoms with Gasteiger partial charge < -0.3 is 10.6 Å². The Morgan fingerprint density at radius 2 is 1.94 bits per heavy atom. The highest BCUT2D eigenvalue weighted by atomic mass is 32.2. The monoisotopic (exact) mass is 498 g/mol. The molecule has 2 N–H and O–H groups in total. The maximum absolute atomic E-state index is 13.5. The van der Waals surface area contributed by atoms with Gasteiger partial charge in [-0.15, -0.1) is 11.3 Å². The number of nitrogens with one attached hydrogen (secondary N) is 2. The lowest BCUT2D eigenvalue weighted by Gasteiger charge is -2.13. The van der Waals surface area contributed by atoms with Crippen molar-refractivity contribution in [2.24, 2.45) is 0 Å². The summed E-state index contributed by atoms with van der Waals surface area (Å²) in [5, 5.41) is 6.97. The van der Waals surface area contributed by atoms with Crippen molar-refractivity contribution >= 4 is 56.5 Å². The Morgan fingerprint density at radius 3 is 2.71 bits per heavy atom. The molecule has 3 aromatic rings. The third kappa shape index (κ3) is 5.70. The van der Waals surface area contributed by atoms with Crippen molar-refractivity contribution in [1.29, 1.82) is 0 Å². The van der Waals surface area contributed by atoms with Crippen molar-refractivity contribution in [1.82, 2.24) is 9.55 Å². The molecule has 0 spiro atoms. The van der Waals surface area contributed by atoms with E-state index in [4.69, 9.17) is 4.98 Å². The molecule has 0 aliphatic heterocycles. The van der Waals surface area contributed by atoms with Gasteiger partial charge in [0.25, 0.3) is 5.56 Å². The smallest absolute Gasteiger partial charge is 0.263 e. The molecule has 7 nitrogen and oxygen atoms in total. The van der Waals surface area contributed by atoms with E-state index in [0.29, 0.717) is 23.1 Å². The summed E-state index contributed by atoms with van der Waals surface area (Å²) in [7, 11) is 0. The largest absolute Gasteiger partial charge is 0.326 e. The second-order valence-electron chi connectivity index (χ2n) is 8.55. The van der Waals surface area contributed by atoms with Gasteiger partial charge in [0.05, 0.1) is 11.1 Å². The zero-order chi connectivity index (χ0) is 24.1. The molecule has 0 atom stereocenters. The number of rotatable bonds is 10. The molecule has 34 heavy (non-hydrogen) atoms. The fraction of sp³-hybridized carbons (Fsp3) is 0.440. The van der Waals surface area contributed by atoms with Crippen molar-refractivity contribution in [2.75, 3.05) is 16.4 Å². The number of benzene rings is 1. The van der Waals surface area contributed by atoms with E-state index in [-0.39, 0.29) is 23.1 Å². The van der Waals surface area contributed by atoms with E-state index in [1.807, 2.05) is 0 Å². The van der Waals surface area contributed by atoms with Gasteiger partial charge in [0.15, 0.2) is 5.16 Å². The minimum absolute atomic E-state index is 0.0341. The first-order chi connectivity index (χ1) is 16.5. The summed E-state index contributed by atoms with van der Waals surface area (Å²) in [6.07, 6.45) is 7.34. The van der Waals surface area contributed by atoms with Crippen molar-refractivity contribution in [3.8, 4) is 0 Å². The Balaban J connectivity index is 1.51. The number of unbranched alkanes of at least 4 members (excludes halogenated alkanes) is 3. The molecular weight excluding hydrogens is 468 g/mol. The van der Waals surface area contributed by atoms with Gasteiger partial charge in [-0.3, -0.25) is 19.0 Å². The van der Waals surface area contributed by atoms with Gasteiger partial charge in [0, 0.05) is 29.7 Å². The summed E-state index contributed by atoms with van der Waals surface area (Å²) < 4.78 is 1.78. The van der Waals surface area contributed by atoms with Crippen LogP contribution in [0.1, 0.15) is 56.4 Å². The zero-order valence-corrected chi connectivity index (χ0v) is 21.2. The van der Waals surface area contributed by atoms with Gasteiger partial charge in [-0.2, -0.15) is 0 Å². The molecule has 0 saturated heterocycles. The minimum Gasteiger partial charge on any atom is -0.326 e. The SMILES string of the molecule is CCCCCCn1c(SCC(=O)Nc2cccc(NC(C)=O)c2)nc2sc3c(c2c1=O)CCC3. The van der Waals surface area contributed by atoms with E-state index in [9.17, 15) is 14.4 Å². The molecule has 2 amide bonds. The summed E-state index contributed by atoms with van der Waals surface area (Å²) in [6.45, 7) is 4.23. The lowest BCUT2D eigenvalue weighted by atomic mass is 10.2. The molecule has 4 rings (SSSR count). The number of hydrogen-bond donors (Lipinski definition) is 2. The topological polar surface area (TPSA) is 93.1 Å². The van der Waals surface area contributed by atoms with Crippen molar-refractivity contribution < 1.29 is 9.59 Å². The highest BCUT2D eigenvalue weighted by Crippen LogP contribution is 2.35. The predicted molar refractivity (Wildman–Crippen MR) is 140 cm³/mol. The number of thiophene rings is 1. The number of amides is 2. The van der Waals surface area contributed by atoms with E-state index in [1.165, 1.54) is 29.1 Å². The van der Waals surface area contributed by atoms with Crippen LogP contribution in [0.2, 0.25) is 0 Å². The first-order valence-corrected chi connectivity index (χ1v) is 13.6. The Hall–Kier alpha value is -2.65. The maximum Gasteiger partial charge on any atom is 0.263 e. The average molecular weight is 499 g/mol. The van der Waals surface area contributed by atoms with E-state index in [0.717, 1.165) is 55.2 Å². The lowest BCUT2D eigenvalue weighted by molar-refractivity contribution is -0.114. The minimum atomic E-state index is -0.189. The van der Waals surface area contributed by atoms with E-state index in [1.54, 1.807) is 40.2 Å². The molecule has 9 heteroatoms. The number of anilines is 2. The van der Waals surface area contributed by atoms with Crippen LogP contribution in [0.25, 0.3) is 10.2 Å². The summed E-state index contributed by atoms with van der Waals surface area (Å²) in [5.41, 5.74) is 2.45. The number of carbonyl (C=O) groups excluding carboxylic acids is 2. The molecular formula is C25H30N4O3S2. The molecule has 1 aromatic carbocycles. The van der Waals surface area contributed by atoms with Crippen LogP contribution in [-0.4, -0.2) is 27.1 Å². The van der Waals surface area contributed by atoms with Crippen LogP contribution in [-0.2, 0) is 29.0 Å². The molecule has 2 heterocycles. The van der Waals surface area contributed by atoms with Crippen LogP contribution in [0.5, 0.6) is 0 Å². The van der Waals surface area contributed by atoms with Crippen LogP contribution in [0.3, 0.4) is 0 Å². The number of carbonyl (C=O) groups is 2. The van der Waals surface area contributed by atoms with E-state index in [2.05, 4.69) is 17.6 Å². The van der Waals surface area contributed by atoms with Gasteiger partial charge in [0.1, 0.15) is 4.83 Å². The molecule has 0 fully saturated rings. The molecule has 1 aliphatic rings. The number of hydrogen-bond acceptors (Lipinski definition) is 6. The molecule has 1 aliphatic carbocycles. The number of aromatic nitrogens is 2. The standard InChI is InChI=1S/C25H30N4O3S2/c1-3-4-5-6-13-29-24(32)22-19-11-8-12-20(19)34-23(22)28-25(29)33-15-21(31)27-18-10-7-9-17(14-18)26-16(2)30/h7,9-10,14H,3-6,8,11-13,15H2,1-2H3,(H,26,30)(H,27,31). The van der Waals surface area contributed by atoms with Crippen molar-refractivity contribution in [2.45, 2.75) is 70.5 Å². The first-order valence-electron chi connectivity index (χ1n) is 11.8. The zero-order valence-electron chi connectivity index (χ0n) is 19.6. The molecule has 0 unspecified atom stereocenters. The molecule has 0 bridgehead atoms. The highest BCUT2D eigenvalue weighted by Gasteiger charge is 2.23. The number of aryl methyl sites for hydroxylation is 2. The fourth-order valence-corrected chi connectivity index (χ4v) is 6.40. The quantitative estimate of drug-likeness (QED) is 0.227. The molecule has 2 aromatic heterocycles. The maximum atomic E-state index is 13.5. The van der Waals surface area contributed by atoms with Gasteiger partial charge >= 0.3 is 0 Å². The Labute approximate surface area is 207 Å². The van der Waals surface area contributed by atoms with Crippen molar-refractivity contribution in [3.63, 3.8) is 0 Å². The lowest BCUT2D eigenvalue weighted by Crippen LogP contribution is -2.24. The van der Waals surface area contributed by atoms with Gasteiger partial charge in [0.2, 0.25) is 11.8 Å². The van der Waals surface area contributed by atoms with Crippen LogP contribution in [0, 0.1) is 0 Å². The normalized spacial score (nSPS) is 12.6. The van der Waals surface area contributed by atoms with Crippen LogP contribution >= 0.6 is 23.1 Å². The highest BCUT2D eigenvalue weighted by molar-refractivity contribution is 7.99. The summed E-state index contributed by atoms with van der Waals surface area (Å²) in [4.78, 5) is 44.3. The van der Waals surface area contributed by atoms with E-state index < -0.39 is 0 Å². The van der Waals surface area contributed by atoms with Crippen LogP contribution in [0.4, 0.5) is 11.4 Å². The Kier molecular flexibility index (Phi) is 8.05. The Morgan fingerprint density at radius 1 is 1.15 bits per heavy atom. The summed E-state index contributed by atoms with van der Waals surface area (Å²) >= 11 is 2.93. The number of nitrogens with zero attached hydrogens (tertiary/aromatic N) is 2. The third-order valence-corrected chi connectivity index (χ3v) is 7.99. The number of fused-ring (bicyclic) bond motifs is 3.